The van der Waals surface area contributed by atoms with Crippen LogP contribution in [-0.4, -0.2) is 0 Å². The Kier molecular flexibility index (Phi) is 6.42. The summed E-state index contributed by atoms with van der Waals surface area (Å²) in [6.07, 6.45) is 0. The van der Waals surface area contributed by atoms with Crippen molar-refractivity contribution >= 4 is 28.0 Å². The van der Waals surface area contributed by atoms with E-state index in [1.54, 1.807) is 0 Å². The largest absolute Gasteiger partial charge is 0.456 e. The summed E-state index contributed by atoms with van der Waals surface area (Å²) in [6.45, 7) is 2.14. The van der Waals surface area contributed by atoms with Crippen molar-refractivity contribution < 1.29 is 4.42 Å². The summed E-state index contributed by atoms with van der Waals surface area (Å²) in [5, 5.41) is 1.15. The predicted octanol–water partition coefficient (Wildman–Crippen LogP) is 11.2. The molecule has 1 aromatic heterocycles. The van der Waals surface area contributed by atoms with Crippen LogP contribution in [0.4, 0.5) is 17.1 Å². The molecular formula is C39H29NO. The SMILES string of the molecule is Cc1c(-c2cccc(N(c3ccccc3-c3ccccc3)c3ccccc3-c3ccccc3)c2)oc2ccccc12. The molecule has 0 fully saturated rings. The molecule has 2 nitrogen and oxygen atoms in total. The zero-order valence-electron chi connectivity index (χ0n) is 22.9. The van der Waals surface area contributed by atoms with Crippen molar-refractivity contribution in [3.05, 3.63) is 163 Å². The standard InChI is InChI=1S/C39H29NO/c1-28-33-21-10-13-26-38(33)41-39(28)31-19-14-20-32(27-31)40(36-24-11-8-22-34(36)29-15-4-2-5-16-29)37-25-12-9-23-35(37)30-17-6-3-7-18-30/h2-27H,1H3. The number of fused-ring (bicyclic) bond motifs is 1. The van der Waals surface area contributed by atoms with Crippen LogP contribution in [0.5, 0.6) is 0 Å². The van der Waals surface area contributed by atoms with E-state index in [2.05, 4.69) is 157 Å². The van der Waals surface area contributed by atoms with Gasteiger partial charge in [0.25, 0.3) is 0 Å². The second-order valence-corrected chi connectivity index (χ2v) is 10.2. The summed E-state index contributed by atoms with van der Waals surface area (Å²) in [6, 6.07) is 55.4. The molecule has 7 aromatic rings. The van der Waals surface area contributed by atoms with Gasteiger partial charge >= 0.3 is 0 Å². The molecule has 0 atom stereocenters. The molecule has 0 aliphatic carbocycles. The molecule has 0 bridgehead atoms. The van der Waals surface area contributed by atoms with E-state index in [0.717, 1.165) is 44.9 Å². The number of benzene rings is 6. The van der Waals surface area contributed by atoms with Crippen LogP contribution in [-0.2, 0) is 0 Å². The first kappa shape index (κ1) is 24.7. The predicted molar refractivity (Wildman–Crippen MR) is 172 cm³/mol. The fraction of sp³-hybridized carbons (Fsp3) is 0.0256. The number of hydrogen-bond acceptors (Lipinski definition) is 2. The van der Waals surface area contributed by atoms with Crippen LogP contribution in [0.25, 0.3) is 44.5 Å². The zero-order chi connectivity index (χ0) is 27.6. The minimum atomic E-state index is 0.903. The Morgan fingerprint density at radius 1 is 0.463 bits per heavy atom. The normalized spacial score (nSPS) is 11.0. The number of hydrogen-bond donors (Lipinski definition) is 0. The van der Waals surface area contributed by atoms with Crippen LogP contribution in [0.1, 0.15) is 5.56 Å². The summed E-state index contributed by atoms with van der Waals surface area (Å²) in [4.78, 5) is 2.38. The van der Waals surface area contributed by atoms with E-state index in [0.29, 0.717) is 0 Å². The van der Waals surface area contributed by atoms with Crippen LogP contribution in [0.2, 0.25) is 0 Å². The van der Waals surface area contributed by atoms with Gasteiger partial charge in [-0.2, -0.15) is 0 Å². The van der Waals surface area contributed by atoms with Gasteiger partial charge in [-0.15, -0.1) is 0 Å². The molecule has 0 aliphatic rings. The third kappa shape index (κ3) is 4.60. The highest BCUT2D eigenvalue weighted by Gasteiger charge is 2.21. The minimum absolute atomic E-state index is 0.903. The van der Waals surface area contributed by atoms with Crippen LogP contribution in [0.3, 0.4) is 0 Å². The monoisotopic (exact) mass is 527 g/mol. The first-order chi connectivity index (χ1) is 20.3. The van der Waals surface area contributed by atoms with Gasteiger partial charge in [0.05, 0.1) is 11.4 Å². The maximum absolute atomic E-state index is 6.40. The molecule has 0 saturated carbocycles. The van der Waals surface area contributed by atoms with Crippen molar-refractivity contribution in [1.29, 1.82) is 0 Å². The number of furan rings is 1. The summed E-state index contributed by atoms with van der Waals surface area (Å²) < 4.78 is 6.40. The molecule has 0 N–H and O–H groups in total. The lowest BCUT2D eigenvalue weighted by Gasteiger charge is -2.30. The highest BCUT2D eigenvalue weighted by Crippen LogP contribution is 2.45. The summed E-state index contributed by atoms with van der Waals surface area (Å²) >= 11 is 0. The van der Waals surface area contributed by atoms with Gasteiger partial charge in [-0.1, -0.05) is 127 Å². The van der Waals surface area contributed by atoms with Crippen LogP contribution in [0.15, 0.2) is 162 Å². The molecule has 6 aromatic carbocycles. The molecule has 41 heavy (non-hydrogen) atoms. The Morgan fingerprint density at radius 3 is 1.59 bits per heavy atom. The Morgan fingerprint density at radius 2 is 0.976 bits per heavy atom. The highest BCUT2D eigenvalue weighted by atomic mass is 16.3. The molecular weight excluding hydrogens is 498 g/mol. The molecule has 2 heteroatoms. The van der Waals surface area contributed by atoms with Crippen molar-refractivity contribution in [2.24, 2.45) is 0 Å². The topological polar surface area (TPSA) is 16.4 Å². The van der Waals surface area contributed by atoms with Crippen molar-refractivity contribution in [1.82, 2.24) is 0 Å². The molecule has 0 spiro atoms. The number of aryl methyl sites for hydroxylation is 1. The molecule has 0 amide bonds. The van der Waals surface area contributed by atoms with Crippen LogP contribution < -0.4 is 4.90 Å². The number of nitrogens with zero attached hydrogens (tertiary/aromatic N) is 1. The van der Waals surface area contributed by atoms with E-state index in [1.165, 1.54) is 22.3 Å². The van der Waals surface area contributed by atoms with Crippen molar-refractivity contribution in [3.63, 3.8) is 0 Å². The van der Waals surface area contributed by atoms with Gasteiger partial charge < -0.3 is 9.32 Å². The Bertz CT molecular complexity index is 1870. The Labute approximate surface area is 240 Å². The summed E-state index contributed by atoms with van der Waals surface area (Å²) in [7, 11) is 0. The smallest absolute Gasteiger partial charge is 0.138 e. The van der Waals surface area contributed by atoms with Gasteiger partial charge in [-0.05, 0) is 48.4 Å². The quantitative estimate of drug-likeness (QED) is 0.214. The summed E-state index contributed by atoms with van der Waals surface area (Å²) in [5.41, 5.74) is 11.1. The Balaban J connectivity index is 1.47. The van der Waals surface area contributed by atoms with Crippen molar-refractivity contribution in [2.75, 3.05) is 4.90 Å². The highest BCUT2D eigenvalue weighted by molar-refractivity contribution is 5.94. The molecule has 0 unspecified atom stereocenters. The third-order valence-corrected chi connectivity index (χ3v) is 7.67. The lowest BCUT2D eigenvalue weighted by atomic mass is 9.98. The van der Waals surface area contributed by atoms with Gasteiger partial charge in [0.15, 0.2) is 0 Å². The van der Waals surface area contributed by atoms with E-state index < -0.39 is 0 Å². The zero-order valence-corrected chi connectivity index (χ0v) is 22.9. The molecule has 0 saturated heterocycles. The van der Waals surface area contributed by atoms with E-state index >= 15 is 0 Å². The summed E-state index contributed by atoms with van der Waals surface area (Å²) in [5.74, 6) is 0.903. The van der Waals surface area contributed by atoms with E-state index in [9.17, 15) is 0 Å². The van der Waals surface area contributed by atoms with Gasteiger partial charge in [0.1, 0.15) is 11.3 Å². The molecule has 196 valence electrons. The fourth-order valence-electron chi connectivity index (χ4n) is 5.70. The van der Waals surface area contributed by atoms with Gasteiger partial charge in [0, 0.05) is 33.3 Å². The van der Waals surface area contributed by atoms with Crippen LogP contribution in [0, 0.1) is 6.92 Å². The second kappa shape index (κ2) is 10.7. The average molecular weight is 528 g/mol. The molecule has 1 heterocycles. The fourth-order valence-corrected chi connectivity index (χ4v) is 5.70. The number of rotatable bonds is 6. The van der Waals surface area contributed by atoms with Gasteiger partial charge in [0.2, 0.25) is 0 Å². The molecule has 0 aliphatic heterocycles. The first-order valence-corrected chi connectivity index (χ1v) is 14.0. The maximum Gasteiger partial charge on any atom is 0.138 e. The number of para-hydroxylation sites is 3. The average Bonchev–Trinajstić information content (AvgIpc) is 3.39. The maximum atomic E-state index is 6.40. The molecule has 0 radical (unpaired) electrons. The lowest BCUT2D eigenvalue weighted by molar-refractivity contribution is 0.629. The molecule has 7 rings (SSSR count). The Hall–Kier alpha value is -5.34. The van der Waals surface area contributed by atoms with E-state index in [4.69, 9.17) is 4.42 Å². The number of anilines is 3. The van der Waals surface area contributed by atoms with Crippen LogP contribution >= 0.6 is 0 Å². The van der Waals surface area contributed by atoms with E-state index in [-0.39, 0.29) is 0 Å². The third-order valence-electron chi connectivity index (χ3n) is 7.67. The van der Waals surface area contributed by atoms with Gasteiger partial charge in [-0.3, -0.25) is 0 Å². The first-order valence-electron chi connectivity index (χ1n) is 14.0. The minimum Gasteiger partial charge on any atom is -0.456 e. The lowest BCUT2D eigenvalue weighted by Crippen LogP contribution is -2.12. The van der Waals surface area contributed by atoms with E-state index in [1.807, 2.05) is 12.1 Å². The van der Waals surface area contributed by atoms with Gasteiger partial charge in [-0.25, -0.2) is 0 Å². The second-order valence-electron chi connectivity index (χ2n) is 10.2. The van der Waals surface area contributed by atoms with Crippen molar-refractivity contribution in [2.45, 2.75) is 6.92 Å². The van der Waals surface area contributed by atoms with Crippen molar-refractivity contribution in [3.8, 4) is 33.6 Å².